The number of carbonyl (C=O) groups excluding carboxylic acids is 2. The third-order valence-corrected chi connectivity index (χ3v) is 9.72. The Labute approximate surface area is 310 Å². The van der Waals surface area contributed by atoms with Crippen LogP contribution in [0.1, 0.15) is 30.4 Å². The van der Waals surface area contributed by atoms with Gasteiger partial charge in [0, 0.05) is 84.4 Å². The summed E-state index contributed by atoms with van der Waals surface area (Å²) in [5.41, 5.74) is 5.74. The molecule has 14 heteroatoms. The van der Waals surface area contributed by atoms with Gasteiger partial charge in [0.2, 0.25) is 11.8 Å². The lowest BCUT2D eigenvalue weighted by atomic mass is 9.97. The maximum absolute atomic E-state index is 13.2. The molecule has 1 aliphatic heterocycles. The Hall–Kier alpha value is -4.85. The van der Waals surface area contributed by atoms with Crippen molar-refractivity contribution >= 4 is 40.7 Å². The van der Waals surface area contributed by atoms with Crippen molar-refractivity contribution in [3.63, 3.8) is 0 Å². The first-order valence-electron chi connectivity index (χ1n) is 16.7. The minimum Gasteiger partial charge on any atom is -0.481 e. The number of esters is 1. The minimum absolute atomic E-state index is 0.0843. The number of pyridine rings is 2. The highest BCUT2D eigenvalue weighted by atomic mass is 35.5. The highest BCUT2D eigenvalue weighted by Gasteiger charge is 2.21. The zero-order chi connectivity index (χ0) is 36.8. The Morgan fingerprint density at radius 3 is 2.40 bits per heavy atom. The molecule has 0 radical (unpaired) electrons. The van der Waals surface area contributed by atoms with Gasteiger partial charge in [-0.25, -0.2) is 9.97 Å². The molecular formula is C38H38Cl2N6O6. The Balaban J connectivity index is 1.21. The first kappa shape index (κ1) is 36.9. The van der Waals surface area contributed by atoms with Gasteiger partial charge in [-0.2, -0.15) is 0 Å². The number of nitrogens with zero attached hydrogens (tertiary/aromatic N) is 3. The van der Waals surface area contributed by atoms with Crippen molar-refractivity contribution in [3.8, 4) is 39.4 Å². The van der Waals surface area contributed by atoms with E-state index in [1.54, 1.807) is 25.4 Å². The van der Waals surface area contributed by atoms with Crippen LogP contribution in [0.5, 0.6) is 5.88 Å². The number of amides is 1. The molecular weight excluding hydrogens is 707 g/mol. The fraction of sp³-hybridized carbons (Fsp3) is 0.289. The van der Waals surface area contributed by atoms with Crippen LogP contribution in [0.25, 0.3) is 39.2 Å². The van der Waals surface area contributed by atoms with Crippen LogP contribution in [0.2, 0.25) is 10.0 Å². The Kier molecular flexibility index (Phi) is 11.8. The van der Waals surface area contributed by atoms with Gasteiger partial charge in [-0.15, -0.1) is 0 Å². The fourth-order valence-corrected chi connectivity index (χ4v) is 6.83. The molecule has 2 aromatic carbocycles. The van der Waals surface area contributed by atoms with Gasteiger partial charge in [0.05, 0.1) is 42.5 Å². The summed E-state index contributed by atoms with van der Waals surface area (Å²) in [6.07, 6.45) is 3.43. The van der Waals surface area contributed by atoms with Gasteiger partial charge >= 0.3 is 5.97 Å². The second-order valence-electron chi connectivity index (χ2n) is 12.4. The van der Waals surface area contributed by atoms with E-state index in [0.29, 0.717) is 57.9 Å². The Morgan fingerprint density at radius 2 is 1.69 bits per heavy atom. The zero-order valence-electron chi connectivity index (χ0n) is 28.6. The predicted octanol–water partition coefficient (Wildman–Crippen LogP) is 4.79. The van der Waals surface area contributed by atoms with E-state index in [1.165, 1.54) is 17.7 Å². The monoisotopic (exact) mass is 744 g/mol. The number of rotatable bonds is 14. The molecule has 1 saturated heterocycles. The lowest BCUT2D eigenvalue weighted by Gasteiger charge is -2.16. The number of aromatic nitrogens is 3. The molecule has 270 valence electrons. The molecule has 4 heterocycles. The summed E-state index contributed by atoms with van der Waals surface area (Å²) in [6, 6.07) is 19.0. The van der Waals surface area contributed by atoms with Crippen molar-refractivity contribution in [2.45, 2.75) is 44.5 Å². The quantitative estimate of drug-likeness (QED) is 0.117. The van der Waals surface area contributed by atoms with E-state index in [1.807, 2.05) is 48.5 Å². The molecule has 5 aromatic rings. The number of fused-ring (bicyclic) bond motifs is 1. The first-order chi connectivity index (χ1) is 25.2. The largest absolute Gasteiger partial charge is 0.481 e. The average molecular weight is 746 g/mol. The molecule has 1 aliphatic rings. The van der Waals surface area contributed by atoms with Crippen LogP contribution in [-0.2, 0) is 27.4 Å². The second kappa shape index (κ2) is 16.7. The maximum atomic E-state index is 13.2. The van der Waals surface area contributed by atoms with Crippen LogP contribution in [0.3, 0.4) is 0 Å². The topological polar surface area (TPSA) is 156 Å². The number of aliphatic hydroxyl groups excluding tert-OH is 1. The summed E-state index contributed by atoms with van der Waals surface area (Å²) in [4.78, 5) is 45.4. The molecule has 0 unspecified atom stereocenters. The SMILES string of the molecule is COC(=O)C[C@H](O)CNCc1cnc2cc(-c3cccc(-c4cccc(-c5ccc(CNC[C@@H]6CCC(=O)N6)c(OC)n5)c4Cl)c3Cl)ccn2c1=O. The van der Waals surface area contributed by atoms with Crippen LogP contribution in [0, 0.1) is 0 Å². The normalized spacial score (nSPS) is 14.7. The van der Waals surface area contributed by atoms with Crippen molar-refractivity contribution in [1.82, 2.24) is 30.3 Å². The number of hydrogen-bond acceptors (Lipinski definition) is 10. The number of carbonyl (C=O) groups is 2. The molecule has 4 N–H and O–H groups in total. The molecule has 0 aliphatic carbocycles. The molecule has 52 heavy (non-hydrogen) atoms. The zero-order valence-corrected chi connectivity index (χ0v) is 30.1. The number of hydrogen-bond donors (Lipinski definition) is 4. The number of halogens is 2. The van der Waals surface area contributed by atoms with E-state index in [2.05, 4.69) is 25.7 Å². The van der Waals surface area contributed by atoms with E-state index >= 15 is 0 Å². The molecule has 6 rings (SSSR count). The van der Waals surface area contributed by atoms with Crippen molar-refractivity contribution in [1.29, 1.82) is 0 Å². The van der Waals surface area contributed by atoms with Gasteiger partial charge in [-0.05, 0) is 30.2 Å². The fourth-order valence-electron chi connectivity index (χ4n) is 6.17. The van der Waals surface area contributed by atoms with Gasteiger partial charge in [0.1, 0.15) is 5.65 Å². The number of ether oxygens (including phenoxy) is 2. The third kappa shape index (κ3) is 8.27. The van der Waals surface area contributed by atoms with Crippen LogP contribution < -0.4 is 26.2 Å². The van der Waals surface area contributed by atoms with E-state index in [9.17, 15) is 19.5 Å². The lowest BCUT2D eigenvalue weighted by Crippen LogP contribution is -2.35. The van der Waals surface area contributed by atoms with Crippen LogP contribution in [-0.4, -0.2) is 70.8 Å². The molecule has 12 nitrogen and oxygen atoms in total. The maximum Gasteiger partial charge on any atom is 0.308 e. The molecule has 3 aromatic heterocycles. The smallest absolute Gasteiger partial charge is 0.308 e. The van der Waals surface area contributed by atoms with E-state index in [0.717, 1.165) is 34.2 Å². The number of methoxy groups -OCH3 is 2. The summed E-state index contributed by atoms with van der Waals surface area (Å²) < 4.78 is 11.6. The molecule has 0 spiro atoms. The molecule has 0 bridgehead atoms. The van der Waals surface area contributed by atoms with Crippen molar-refractivity contribution < 1.29 is 24.2 Å². The minimum atomic E-state index is -0.941. The second-order valence-corrected chi connectivity index (χ2v) is 13.2. The van der Waals surface area contributed by atoms with Gasteiger partial charge in [-0.1, -0.05) is 65.7 Å². The van der Waals surface area contributed by atoms with Crippen LogP contribution in [0.4, 0.5) is 0 Å². The number of nitrogens with one attached hydrogen (secondary N) is 3. The van der Waals surface area contributed by atoms with Crippen molar-refractivity contribution in [2.24, 2.45) is 0 Å². The standard InChI is InChI=1S/C38H38Cl2N6O6/c1-51-34(49)16-26(47)21-42-18-24-19-43-32-15-22(13-14-46(32)38(24)50)27-5-3-6-28(35(27)39)29-7-4-8-30(36(29)40)31-11-9-23(37(45-31)52-2)17-41-20-25-10-12-33(48)44-25/h3-9,11,13-15,19,25-26,41-42,47H,10,12,16-18,20-21H2,1-2H3,(H,44,48)/t25-,26-/m0/s1. The first-order valence-corrected chi connectivity index (χ1v) is 17.5. The van der Waals surface area contributed by atoms with Crippen LogP contribution in [0.15, 0.2) is 77.9 Å². The lowest BCUT2D eigenvalue weighted by molar-refractivity contribution is -0.142. The summed E-state index contributed by atoms with van der Waals surface area (Å²) in [7, 11) is 2.84. The van der Waals surface area contributed by atoms with Gasteiger partial charge < -0.3 is 30.5 Å². The average Bonchev–Trinajstić information content (AvgIpc) is 3.57. The number of aliphatic hydroxyl groups is 1. The predicted molar refractivity (Wildman–Crippen MR) is 199 cm³/mol. The highest BCUT2D eigenvalue weighted by Crippen LogP contribution is 2.42. The summed E-state index contributed by atoms with van der Waals surface area (Å²) in [5, 5.41) is 20.3. The van der Waals surface area contributed by atoms with Crippen LogP contribution >= 0.6 is 23.2 Å². The van der Waals surface area contributed by atoms with Crippen molar-refractivity contribution in [3.05, 3.63) is 105 Å². The molecule has 1 amide bonds. The third-order valence-electron chi connectivity index (χ3n) is 8.90. The highest BCUT2D eigenvalue weighted by molar-refractivity contribution is 6.39. The summed E-state index contributed by atoms with van der Waals surface area (Å²) in [5.74, 6) is 0.0444. The summed E-state index contributed by atoms with van der Waals surface area (Å²) >= 11 is 14.2. The Bertz CT molecular complexity index is 2180. The number of benzene rings is 2. The van der Waals surface area contributed by atoms with Gasteiger partial charge in [-0.3, -0.25) is 18.8 Å². The molecule has 0 saturated carbocycles. The molecule has 1 fully saturated rings. The summed E-state index contributed by atoms with van der Waals surface area (Å²) in [6.45, 7) is 1.46. The van der Waals surface area contributed by atoms with E-state index in [4.69, 9.17) is 32.9 Å². The van der Waals surface area contributed by atoms with E-state index < -0.39 is 12.1 Å². The van der Waals surface area contributed by atoms with Gasteiger partial charge in [0.15, 0.2) is 0 Å². The van der Waals surface area contributed by atoms with E-state index in [-0.39, 0.29) is 37.0 Å². The van der Waals surface area contributed by atoms with Crippen molar-refractivity contribution in [2.75, 3.05) is 27.3 Å². The van der Waals surface area contributed by atoms with Gasteiger partial charge in [0.25, 0.3) is 5.56 Å². The Morgan fingerprint density at radius 1 is 0.981 bits per heavy atom. The molecule has 2 atom stereocenters.